The lowest BCUT2D eigenvalue weighted by atomic mass is 10.1. The molecule has 3 nitrogen and oxygen atoms in total. The van der Waals surface area contributed by atoms with E-state index in [1.54, 1.807) is 0 Å². The van der Waals surface area contributed by atoms with Gasteiger partial charge in [-0.15, -0.1) is 0 Å². The molecule has 1 fully saturated rings. The summed E-state index contributed by atoms with van der Waals surface area (Å²) in [5.41, 5.74) is 0. The molecule has 0 heterocycles. The van der Waals surface area contributed by atoms with Gasteiger partial charge in [-0.2, -0.15) is 0 Å². The highest BCUT2D eigenvalue weighted by Gasteiger charge is 2.24. The minimum atomic E-state index is -0.239. The maximum absolute atomic E-state index is 11.3. The second kappa shape index (κ2) is 5.89. The monoisotopic (exact) mass is 199 g/mol. The molecule has 1 saturated carbocycles. The predicted molar refractivity (Wildman–Crippen MR) is 56.2 cm³/mol. The molecule has 0 aromatic heterocycles. The van der Waals surface area contributed by atoms with Crippen LogP contribution >= 0.6 is 0 Å². The van der Waals surface area contributed by atoms with Crippen LogP contribution < -0.4 is 5.32 Å². The van der Waals surface area contributed by atoms with Gasteiger partial charge in [0.2, 0.25) is 0 Å². The number of hydrogen-bond donors (Lipinski definition) is 1. The lowest BCUT2D eigenvalue weighted by molar-refractivity contribution is 0.138. The highest BCUT2D eigenvalue weighted by Crippen LogP contribution is 2.24. The summed E-state index contributed by atoms with van der Waals surface area (Å²) in [5, 5.41) is 2.93. The fourth-order valence-corrected chi connectivity index (χ4v) is 1.86. The largest absolute Gasteiger partial charge is 0.450 e. The topological polar surface area (TPSA) is 38.3 Å². The summed E-state index contributed by atoms with van der Waals surface area (Å²) in [7, 11) is 0. The summed E-state index contributed by atoms with van der Waals surface area (Å²) >= 11 is 0. The molecule has 1 amide bonds. The molecule has 0 aromatic carbocycles. The first-order valence-electron chi connectivity index (χ1n) is 5.67. The summed E-state index contributed by atoms with van der Waals surface area (Å²) < 4.78 is 5.04. The molecule has 1 N–H and O–H groups in total. The van der Waals surface area contributed by atoms with Gasteiger partial charge in [-0.3, -0.25) is 0 Å². The third kappa shape index (κ3) is 3.56. The normalized spacial score (nSPS) is 26.1. The molecule has 0 aliphatic heterocycles. The van der Waals surface area contributed by atoms with Crippen LogP contribution in [0.4, 0.5) is 4.79 Å². The standard InChI is InChI=1S/C11H21NO2/c1-3-4-8-14-11(13)12-10-7-5-6-9(10)2/h9-10H,3-8H2,1-2H3,(H,12,13). The molecule has 1 rings (SSSR count). The van der Waals surface area contributed by atoms with Crippen molar-refractivity contribution in [3.63, 3.8) is 0 Å². The van der Waals surface area contributed by atoms with Gasteiger partial charge in [-0.25, -0.2) is 4.79 Å². The van der Waals surface area contributed by atoms with Crippen molar-refractivity contribution in [2.45, 2.75) is 52.0 Å². The van der Waals surface area contributed by atoms with Crippen LogP contribution in [0.5, 0.6) is 0 Å². The fourth-order valence-electron chi connectivity index (χ4n) is 1.86. The number of ether oxygens (including phenoxy) is 1. The Balaban J connectivity index is 2.13. The van der Waals surface area contributed by atoms with E-state index in [4.69, 9.17) is 4.74 Å². The van der Waals surface area contributed by atoms with Gasteiger partial charge in [0.05, 0.1) is 6.61 Å². The Morgan fingerprint density at radius 3 is 2.86 bits per heavy atom. The van der Waals surface area contributed by atoms with E-state index in [0.29, 0.717) is 18.6 Å². The number of rotatable bonds is 4. The van der Waals surface area contributed by atoms with Crippen LogP contribution in [0.15, 0.2) is 0 Å². The first-order valence-corrected chi connectivity index (χ1v) is 5.67. The Morgan fingerprint density at radius 1 is 1.50 bits per heavy atom. The molecular formula is C11H21NO2. The van der Waals surface area contributed by atoms with Gasteiger partial charge in [-0.1, -0.05) is 26.7 Å². The average molecular weight is 199 g/mol. The van der Waals surface area contributed by atoms with E-state index in [9.17, 15) is 4.79 Å². The summed E-state index contributed by atoms with van der Waals surface area (Å²) in [6.45, 7) is 4.81. The number of amides is 1. The Morgan fingerprint density at radius 2 is 2.29 bits per heavy atom. The summed E-state index contributed by atoms with van der Waals surface area (Å²) in [6.07, 6.45) is 5.32. The number of alkyl carbamates (subject to hydrolysis) is 1. The van der Waals surface area contributed by atoms with Gasteiger partial charge < -0.3 is 10.1 Å². The van der Waals surface area contributed by atoms with Crippen molar-refractivity contribution in [2.24, 2.45) is 5.92 Å². The van der Waals surface area contributed by atoms with Crippen molar-refractivity contribution < 1.29 is 9.53 Å². The molecule has 2 atom stereocenters. The summed E-state index contributed by atoms with van der Waals surface area (Å²) in [5.74, 6) is 0.605. The molecule has 0 saturated heterocycles. The van der Waals surface area contributed by atoms with E-state index < -0.39 is 0 Å². The lowest BCUT2D eigenvalue weighted by Gasteiger charge is -2.16. The Kier molecular flexibility index (Phi) is 4.77. The molecule has 0 aromatic rings. The van der Waals surface area contributed by atoms with Gasteiger partial charge in [0.15, 0.2) is 0 Å². The zero-order valence-corrected chi connectivity index (χ0v) is 9.21. The number of carbonyl (C=O) groups is 1. The van der Waals surface area contributed by atoms with Gasteiger partial charge in [-0.05, 0) is 25.2 Å². The van der Waals surface area contributed by atoms with Crippen molar-refractivity contribution >= 4 is 6.09 Å². The molecule has 0 spiro atoms. The minimum Gasteiger partial charge on any atom is -0.450 e. The van der Waals surface area contributed by atoms with Crippen molar-refractivity contribution in [3.8, 4) is 0 Å². The third-order valence-corrected chi connectivity index (χ3v) is 2.90. The molecule has 3 heteroatoms. The van der Waals surface area contributed by atoms with Crippen LogP contribution in [0, 0.1) is 5.92 Å². The second-order valence-electron chi connectivity index (χ2n) is 4.15. The molecule has 2 unspecified atom stereocenters. The van der Waals surface area contributed by atoms with E-state index in [0.717, 1.165) is 19.3 Å². The van der Waals surface area contributed by atoms with Gasteiger partial charge >= 0.3 is 6.09 Å². The third-order valence-electron chi connectivity index (χ3n) is 2.90. The van der Waals surface area contributed by atoms with Gasteiger partial charge in [0, 0.05) is 6.04 Å². The number of carbonyl (C=O) groups excluding carboxylic acids is 1. The quantitative estimate of drug-likeness (QED) is 0.707. The number of hydrogen-bond acceptors (Lipinski definition) is 2. The van der Waals surface area contributed by atoms with Crippen molar-refractivity contribution in [1.29, 1.82) is 0 Å². The van der Waals surface area contributed by atoms with Crippen molar-refractivity contribution in [2.75, 3.05) is 6.61 Å². The molecule has 0 radical (unpaired) electrons. The molecular weight excluding hydrogens is 178 g/mol. The Hall–Kier alpha value is -0.730. The van der Waals surface area contributed by atoms with Crippen LogP contribution in [-0.2, 0) is 4.74 Å². The first kappa shape index (κ1) is 11.3. The van der Waals surface area contributed by atoms with Crippen LogP contribution in [0.25, 0.3) is 0 Å². The minimum absolute atomic E-state index is 0.239. The summed E-state index contributed by atoms with van der Waals surface area (Å²) in [6, 6.07) is 0.337. The van der Waals surface area contributed by atoms with E-state index >= 15 is 0 Å². The number of unbranched alkanes of at least 4 members (excludes halogenated alkanes) is 1. The highest BCUT2D eigenvalue weighted by molar-refractivity contribution is 5.67. The lowest BCUT2D eigenvalue weighted by Crippen LogP contribution is -2.36. The van der Waals surface area contributed by atoms with Crippen LogP contribution in [0.3, 0.4) is 0 Å². The van der Waals surface area contributed by atoms with Crippen LogP contribution in [-0.4, -0.2) is 18.7 Å². The molecule has 1 aliphatic carbocycles. The molecule has 1 aliphatic rings. The summed E-state index contributed by atoms with van der Waals surface area (Å²) in [4.78, 5) is 11.3. The van der Waals surface area contributed by atoms with Gasteiger partial charge in [0.25, 0.3) is 0 Å². The molecule has 82 valence electrons. The zero-order chi connectivity index (χ0) is 10.4. The molecule has 14 heavy (non-hydrogen) atoms. The smallest absolute Gasteiger partial charge is 0.407 e. The van der Waals surface area contributed by atoms with Crippen molar-refractivity contribution in [1.82, 2.24) is 5.32 Å². The maximum Gasteiger partial charge on any atom is 0.407 e. The van der Waals surface area contributed by atoms with Crippen molar-refractivity contribution in [3.05, 3.63) is 0 Å². The Labute approximate surface area is 86.2 Å². The SMILES string of the molecule is CCCCOC(=O)NC1CCCC1C. The van der Waals surface area contributed by atoms with Gasteiger partial charge in [0.1, 0.15) is 0 Å². The predicted octanol–water partition coefficient (Wildman–Crippen LogP) is 2.70. The zero-order valence-electron chi connectivity index (χ0n) is 9.21. The van der Waals surface area contributed by atoms with E-state index in [1.165, 1.54) is 12.8 Å². The highest BCUT2D eigenvalue weighted by atomic mass is 16.5. The average Bonchev–Trinajstić information content (AvgIpc) is 2.52. The van der Waals surface area contributed by atoms with E-state index in [-0.39, 0.29) is 6.09 Å². The second-order valence-corrected chi connectivity index (χ2v) is 4.15. The molecule has 0 bridgehead atoms. The van der Waals surface area contributed by atoms with Crippen LogP contribution in [0.2, 0.25) is 0 Å². The number of nitrogens with one attached hydrogen (secondary N) is 1. The van der Waals surface area contributed by atoms with E-state index in [1.807, 2.05) is 0 Å². The fraction of sp³-hybridized carbons (Fsp3) is 0.909. The first-order chi connectivity index (χ1) is 6.74. The maximum atomic E-state index is 11.3. The Bertz CT molecular complexity index is 182. The van der Waals surface area contributed by atoms with E-state index in [2.05, 4.69) is 19.2 Å². The van der Waals surface area contributed by atoms with Crippen LogP contribution in [0.1, 0.15) is 46.0 Å².